The Morgan fingerprint density at radius 1 is 1.14 bits per heavy atom. The zero-order valence-corrected chi connectivity index (χ0v) is 14.2. The predicted molar refractivity (Wildman–Crippen MR) is 90.6 cm³/mol. The quantitative estimate of drug-likeness (QED) is 0.898. The summed E-state index contributed by atoms with van der Waals surface area (Å²) in [5.41, 5.74) is 3.61. The van der Waals surface area contributed by atoms with Gasteiger partial charge in [-0.15, -0.1) is 0 Å². The number of rotatable bonds is 4. The van der Waals surface area contributed by atoms with Crippen molar-refractivity contribution in [3.05, 3.63) is 29.8 Å². The van der Waals surface area contributed by atoms with E-state index in [2.05, 4.69) is 69.3 Å². The van der Waals surface area contributed by atoms with E-state index >= 15 is 0 Å². The van der Waals surface area contributed by atoms with Crippen LogP contribution in [0.5, 0.6) is 0 Å². The molecule has 2 saturated carbocycles. The van der Waals surface area contributed by atoms with Crippen LogP contribution in [0.2, 0.25) is 0 Å². The maximum absolute atomic E-state index is 3.90. The summed E-state index contributed by atoms with van der Waals surface area (Å²) < 4.78 is 0. The molecule has 2 aliphatic rings. The van der Waals surface area contributed by atoms with Crippen LogP contribution in [0.1, 0.15) is 45.6 Å². The van der Waals surface area contributed by atoms with Crippen molar-refractivity contribution in [2.24, 2.45) is 16.7 Å². The van der Waals surface area contributed by atoms with Crippen molar-refractivity contribution >= 4 is 5.69 Å². The highest BCUT2D eigenvalue weighted by atomic mass is 15.1. The van der Waals surface area contributed by atoms with Crippen molar-refractivity contribution in [1.82, 2.24) is 5.32 Å². The van der Waals surface area contributed by atoms with Crippen LogP contribution in [0.25, 0.3) is 0 Å². The van der Waals surface area contributed by atoms with Gasteiger partial charge in [-0.05, 0) is 53.7 Å². The average molecular weight is 286 g/mol. The third-order valence-electron chi connectivity index (χ3n) is 6.23. The van der Waals surface area contributed by atoms with Crippen molar-refractivity contribution in [2.45, 2.75) is 52.6 Å². The van der Waals surface area contributed by atoms with Gasteiger partial charge in [0.25, 0.3) is 0 Å². The molecule has 2 heteroatoms. The fraction of sp³-hybridized carbons (Fsp3) is 0.684. The number of anilines is 1. The van der Waals surface area contributed by atoms with Gasteiger partial charge in [0, 0.05) is 32.4 Å². The highest BCUT2D eigenvalue weighted by Crippen LogP contribution is 2.62. The van der Waals surface area contributed by atoms with Crippen molar-refractivity contribution in [1.29, 1.82) is 0 Å². The first-order valence-electron chi connectivity index (χ1n) is 8.32. The summed E-state index contributed by atoms with van der Waals surface area (Å²) in [5, 5.41) is 3.90. The normalized spacial score (nSPS) is 33.4. The number of fused-ring (bicyclic) bond motifs is 2. The fourth-order valence-electron chi connectivity index (χ4n) is 4.94. The van der Waals surface area contributed by atoms with Crippen LogP contribution in [0, 0.1) is 16.7 Å². The van der Waals surface area contributed by atoms with Gasteiger partial charge >= 0.3 is 0 Å². The van der Waals surface area contributed by atoms with E-state index < -0.39 is 0 Å². The van der Waals surface area contributed by atoms with E-state index in [1.54, 1.807) is 0 Å². The average Bonchev–Trinajstić information content (AvgIpc) is 2.90. The molecule has 21 heavy (non-hydrogen) atoms. The largest absolute Gasteiger partial charge is 0.378 e. The minimum atomic E-state index is 0.441. The second-order valence-corrected chi connectivity index (χ2v) is 8.29. The molecule has 2 aliphatic carbocycles. The Morgan fingerprint density at radius 3 is 2.33 bits per heavy atom. The van der Waals surface area contributed by atoms with Crippen LogP contribution in [0.4, 0.5) is 5.69 Å². The number of benzene rings is 1. The van der Waals surface area contributed by atoms with Gasteiger partial charge in [0.2, 0.25) is 0 Å². The SMILES string of the molecule is CN(C)c1ccc(CNC2C3(C)CCC(C3)C2(C)C)cc1. The zero-order chi connectivity index (χ0) is 15.3. The van der Waals surface area contributed by atoms with Crippen molar-refractivity contribution in [3.63, 3.8) is 0 Å². The second-order valence-electron chi connectivity index (χ2n) is 8.29. The van der Waals surface area contributed by atoms with Gasteiger partial charge in [0.05, 0.1) is 0 Å². The molecule has 0 saturated heterocycles. The highest BCUT2D eigenvalue weighted by molar-refractivity contribution is 5.46. The van der Waals surface area contributed by atoms with Crippen molar-refractivity contribution in [3.8, 4) is 0 Å². The number of hydrogen-bond acceptors (Lipinski definition) is 2. The van der Waals surface area contributed by atoms with E-state index in [0.29, 0.717) is 16.9 Å². The molecule has 0 aromatic heterocycles. The molecule has 0 aliphatic heterocycles. The first-order chi connectivity index (χ1) is 9.83. The maximum atomic E-state index is 3.90. The van der Waals surface area contributed by atoms with E-state index in [1.807, 2.05) is 0 Å². The molecule has 3 unspecified atom stereocenters. The van der Waals surface area contributed by atoms with Gasteiger partial charge in [-0.1, -0.05) is 32.9 Å². The van der Waals surface area contributed by atoms with E-state index in [9.17, 15) is 0 Å². The van der Waals surface area contributed by atoms with E-state index in [-0.39, 0.29) is 0 Å². The molecule has 1 N–H and O–H groups in total. The monoisotopic (exact) mass is 286 g/mol. The van der Waals surface area contributed by atoms with Crippen LogP contribution >= 0.6 is 0 Å². The molecular weight excluding hydrogens is 256 g/mol. The molecule has 116 valence electrons. The molecule has 0 radical (unpaired) electrons. The molecule has 2 bridgehead atoms. The van der Waals surface area contributed by atoms with Gasteiger partial charge in [0.1, 0.15) is 0 Å². The minimum Gasteiger partial charge on any atom is -0.378 e. The van der Waals surface area contributed by atoms with Crippen LogP contribution in [-0.2, 0) is 6.54 Å². The Balaban J connectivity index is 1.67. The molecular formula is C19H30N2. The molecule has 0 amide bonds. The molecule has 3 rings (SSSR count). The van der Waals surface area contributed by atoms with E-state index in [1.165, 1.54) is 30.5 Å². The maximum Gasteiger partial charge on any atom is 0.0361 e. The lowest BCUT2D eigenvalue weighted by Crippen LogP contribution is -2.49. The number of nitrogens with one attached hydrogen (secondary N) is 1. The van der Waals surface area contributed by atoms with Gasteiger partial charge in [-0.3, -0.25) is 0 Å². The van der Waals surface area contributed by atoms with E-state index in [4.69, 9.17) is 0 Å². The lowest BCUT2D eigenvalue weighted by atomic mass is 9.68. The Morgan fingerprint density at radius 2 is 1.81 bits per heavy atom. The zero-order valence-electron chi connectivity index (χ0n) is 14.2. The number of hydrogen-bond donors (Lipinski definition) is 1. The van der Waals surface area contributed by atoms with Crippen molar-refractivity contribution < 1.29 is 0 Å². The molecule has 0 spiro atoms. The van der Waals surface area contributed by atoms with Crippen molar-refractivity contribution in [2.75, 3.05) is 19.0 Å². The molecule has 2 nitrogen and oxygen atoms in total. The lowest BCUT2D eigenvalue weighted by Gasteiger charge is -2.43. The molecule has 2 fully saturated rings. The number of nitrogens with zero attached hydrogens (tertiary/aromatic N) is 1. The Labute approximate surface area is 129 Å². The van der Waals surface area contributed by atoms with Gasteiger partial charge in [0.15, 0.2) is 0 Å². The summed E-state index contributed by atoms with van der Waals surface area (Å²) in [4.78, 5) is 2.15. The second kappa shape index (κ2) is 5.01. The third-order valence-corrected chi connectivity index (χ3v) is 6.23. The minimum absolute atomic E-state index is 0.441. The van der Waals surface area contributed by atoms with Crippen LogP contribution in [0.3, 0.4) is 0 Å². The highest BCUT2D eigenvalue weighted by Gasteiger charge is 2.58. The molecule has 1 aromatic carbocycles. The van der Waals surface area contributed by atoms with Crippen LogP contribution in [0.15, 0.2) is 24.3 Å². The Hall–Kier alpha value is -1.02. The van der Waals surface area contributed by atoms with Crippen LogP contribution < -0.4 is 10.2 Å². The third kappa shape index (κ3) is 2.48. The predicted octanol–water partition coefficient (Wildman–Crippen LogP) is 4.06. The molecule has 1 aromatic rings. The topological polar surface area (TPSA) is 15.3 Å². The van der Waals surface area contributed by atoms with Gasteiger partial charge in [-0.2, -0.15) is 0 Å². The Kier molecular flexibility index (Phi) is 3.56. The summed E-state index contributed by atoms with van der Waals surface area (Å²) in [6, 6.07) is 9.59. The molecule has 0 heterocycles. The Bertz CT molecular complexity index is 498. The standard InChI is InChI=1S/C19H30N2/c1-18(2)15-10-11-19(3,12-15)17(18)20-13-14-6-8-16(9-7-14)21(4)5/h6-9,15,17,20H,10-13H2,1-5H3. The summed E-state index contributed by atoms with van der Waals surface area (Å²) >= 11 is 0. The summed E-state index contributed by atoms with van der Waals surface area (Å²) in [6.45, 7) is 8.42. The first-order valence-corrected chi connectivity index (χ1v) is 8.32. The van der Waals surface area contributed by atoms with E-state index in [0.717, 1.165) is 12.5 Å². The summed E-state index contributed by atoms with van der Waals surface area (Å²) in [6.07, 6.45) is 4.24. The molecule has 3 atom stereocenters. The first kappa shape index (κ1) is 14.9. The fourth-order valence-corrected chi connectivity index (χ4v) is 4.94. The lowest BCUT2D eigenvalue weighted by molar-refractivity contribution is 0.108. The smallest absolute Gasteiger partial charge is 0.0361 e. The van der Waals surface area contributed by atoms with Crippen LogP contribution in [-0.4, -0.2) is 20.1 Å². The van der Waals surface area contributed by atoms with Gasteiger partial charge < -0.3 is 10.2 Å². The summed E-state index contributed by atoms with van der Waals surface area (Å²) in [7, 11) is 4.18. The summed E-state index contributed by atoms with van der Waals surface area (Å²) in [5.74, 6) is 0.913. The van der Waals surface area contributed by atoms with Gasteiger partial charge in [-0.25, -0.2) is 0 Å².